The molecular weight excluding hydrogens is 311 g/mol. The van der Waals surface area contributed by atoms with E-state index in [4.69, 9.17) is 0 Å². The third kappa shape index (κ3) is 6.70. The van der Waals surface area contributed by atoms with Crippen LogP contribution in [0.2, 0.25) is 0 Å². The Bertz CT molecular complexity index is 291. The summed E-state index contributed by atoms with van der Waals surface area (Å²) in [5.41, 5.74) is 0. The van der Waals surface area contributed by atoms with E-state index in [1.165, 1.54) is 12.8 Å². The van der Waals surface area contributed by atoms with Crippen LogP contribution in [0.3, 0.4) is 0 Å². The molecule has 5 nitrogen and oxygen atoms in total. The van der Waals surface area contributed by atoms with Gasteiger partial charge in [0.1, 0.15) is 0 Å². The molecule has 0 aromatic heterocycles. The number of nitrogens with one attached hydrogen (secondary N) is 2. The Kier molecular flexibility index (Phi) is 10.6. The zero-order valence-corrected chi connectivity index (χ0v) is 14.8. The number of carbonyl (C=O) groups is 1. The molecule has 0 aromatic carbocycles. The molecule has 0 aromatic rings. The molecule has 21 heavy (non-hydrogen) atoms. The lowest BCUT2D eigenvalue weighted by atomic mass is 10.0. The Labute approximate surface area is 141 Å². The first kappa shape index (κ1) is 20.9. The molecule has 1 atom stereocenters. The fourth-order valence-electron chi connectivity index (χ4n) is 3.03. The predicted molar refractivity (Wildman–Crippen MR) is 91.7 cm³/mol. The Morgan fingerprint density at radius 2 is 1.90 bits per heavy atom. The maximum Gasteiger partial charge on any atom is 0.237 e. The van der Waals surface area contributed by atoms with E-state index < -0.39 is 0 Å². The van der Waals surface area contributed by atoms with Crippen LogP contribution in [0.25, 0.3) is 0 Å². The number of amides is 1. The summed E-state index contributed by atoms with van der Waals surface area (Å²) in [7, 11) is 4.32. The van der Waals surface area contributed by atoms with Crippen molar-refractivity contribution in [3.63, 3.8) is 0 Å². The SMILES string of the molecule is CN(C)C1CCN(CCNC(=O)C2CCCN2)CC1.Cl.Cl. The minimum atomic E-state index is 0. The van der Waals surface area contributed by atoms with Crippen LogP contribution in [-0.2, 0) is 4.79 Å². The molecule has 1 amide bonds. The van der Waals surface area contributed by atoms with Crippen molar-refractivity contribution >= 4 is 30.7 Å². The van der Waals surface area contributed by atoms with Gasteiger partial charge in [-0.2, -0.15) is 0 Å². The standard InChI is InChI=1S/C14H28N4O.2ClH/c1-17(2)12-5-9-18(10-6-12)11-8-16-14(19)13-4-3-7-15-13;;/h12-13,15H,3-11H2,1-2H3,(H,16,19);2*1H. The van der Waals surface area contributed by atoms with Gasteiger partial charge in [-0.1, -0.05) is 0 Å². The molecule has 0 radical (unpaired) electrons. The summed E-state index contributed by atoms with van der Waals surface area (Å²) in [6.45, 7) is 5.05. The van der Waals surface area contributed by atoms with Crippen LogP contribution < -0.4 is 10.6 Å². The molecule has 0 aliphatic carbocycles. The molecule has 126 valence electrons. The molecule has 2 N–H and O–H groups in total. The maximum absolute atomic E-state index is 11.8. The lowest BCUT2D eigenvalue weighted by molar-refractivity contribution is -0.122. The van der Waals surface area contributed by atoms with Gasteiger partial charge in [-0.3, -0.25) is 4.79 Å². The second-order valence-corrected chi connectivity index (χ2v) is 5.98. The number of carbonyl (C=O) groups excluding carboxylic acids is 1. The molecule has 0 spiro atoms. The molecule has 2 saturated heterocycles. The fraction of sp³-hybridized carbons (Fsp3) is 0.929. The van der Waals surface area contributed by atoms with E-state index in [0.29, 0.717) is 0 Å². The van der Waals surface area contributed by atoms with E-state index >= 15 is 0 Å². The van der Waals surface area contributed by atoms with Gasteiger partial charge in [-0.15, -0.1) is 24.8 Å². The normalized spacial score (nSPS) is 23.5. The molecule has 0 saturated carbocycles. The van der Waals surface area contributed by atoms with Gasteiger partial charge in [0.25, 0.3) is 0 Å². The summed E-state index contributed by atoms with van der Waals surface area (Å²) >= 11 is 0. The quantitative estimate of drug-likeness (QED) is 0.774. The van der Waals surface area contributed by atoms with Crippen LogP contribution in [0, 0.1) is 0 Å². The Hall–Kier alpha value is -0.0700. The van der Waals surface area contributed by atoms with E-state index in [9.17, 15) is 4.79 Å². The second-order valence-electron chi connectivity index (χ2n) is 5.98. The summed E-state index contributed by atoms with van der Waals surface area (Å²) in [6, 6.07) is 0.785. The van der Waals surface area contributed by atoms with Crippen LogP contribution in [0.5, 0.6) is 0 Å². The van der Waals surface area contributed by atoms with E-state index in [0.717, 1.165) is 51.6 Å². The van der Waals surface area contributed by atoms with E-state index in [2.05, 4.69) is 34.5 Å². The van der Waals surface area contributed by atoms with Crippen LogP contribution in [0.4, 0.5) is 0 Å². The van der Waals surface area contributed by atoms with Crippen molar-refractivity contribution in [2.45, 2.75) is 37.8 Å². The third-order valence-electron chi connectivity index (χ3n) is 4.39. The first-order chi connectivity index (χ1) is 9.16. The molecule has 2 heterocycles. The predicted octanol–water partition coefficient (Wildman–Crippen LogP) is 0.724. The number of nitrogens with zero attached hydrogens (tertiary/aromatic N) is 2. The Morgan fingerprint density at radius 1 is 1.24 bits per heavy atom. The van der Waals surface area contributed by atoms with Crippen molar-refractivity contribution < 1.29 is 4.79 Å². The maximum atomic E-state index is 11.8. The van der Waals surface area contributed by atoms with E-state index in [1.54, 1.807) is 0 Å². The van der Waals surface area contributed by atoms with Gasteiger partial charge < -0.3 is 20.4 Å². The first-order valence-corrected chi connectivity index (χ1v) is 7.56. The summed E-state index contributed by atoms with van der Waals surface area (Å²) in [5.74, 6) is 0.181. The van der Waals surface area contributed by atoms with E-state index in [-0.39, 0.29) is 36.8 Å². The highest BCUT2D eigenvalue weighted by molar-refractivity contribution is 5.85. The molecule has 2 aliphatic rings. The molecule has 2 aliphatic heterocycles. The van der Waals surface area contributed by atoms with Gasteiger partial charge in [0.05, 0.1) is 6.04 Å². The van der Waals surface area contributed by atoms with Crippen molar-refractivity contribution in [2.24, 2.45) is 0 Å². The topological polar surface area (TPSA) is 47.6 Å². The van der Waals surface area contributed by atoms with Gasteiger partial charge >= 0.3 is 0 Å². The van der Waals surface area contributed by atoms with Crippen LogP contribution in [0.1, 0.15) is 25.7 Å². The van der Waals surface area contributed by atoms with Gasteiger partial charge in [0.15, 0.2) is 0 Å². The first-order valence-electron chi connectivity index (χ1n) is 7.56. The van der Waals surface area contributed by atoms with E-state index in [1.807, 2.05) is 0 Å². The van der Waals surface area contributed by atoms with Crippen LogP contribution in [-0.4, -0.2) is 74.6 Å². The Morgan fingerprint density at radius 3 is 2.43 bits per heavy atom. The lowest BCUT2D eigenvalue weighted by Gasteiger charge is -2.35. The minimum absolute atomic E-state index is 0. The third-order valence-corrected chi connectivity index (χ3v) is 4.39. The molecule has 2 fully saturated rings. The lowest BCUT2D eigenvalue weighted by Crippen LogP contribution is -2.46. The number of halogens is 2. The zero-order chi connectivity index (χ0) is 13.7. The fourth-order valence-corrected chi connectivity index (χ4v) is 3.03. The van der Waals surface area contributed by atoms with Crippen molar-refractivity contribution in [1.29, 1.82) is 0 Å². The number of likely N-dealkylation sites (tertiary alicyclic amines) is 1. The molecule has 7 heteroatoms. The van der Waals surface area contributed by atoms with Crippen molar-refractivity contribution in [3.05, 3.63) is 0 Å². The van der Waals surface area contributed by atoms with Crippen LogP contribution in [0.15, 0.2) is 0 Å². The van der Waals surface area contributed by atoms with Crippen molar-refractivity contribution in [2.75, 3.05) is 46.8 Å². The molecule has 0 bridgehead atoms. The van der Waals surface area contributed by atoms with Crippen LogP contribution >= 0.6 is 24.8 Å². The summed E-state index contributed by atoms with van der Waals surface area (Å²) < 4.78 is 0. The summed E-state index contributed by atoms with van der Waals surface area (Å²) in [6.07, 6.45) is 4.59. The average Bonchev–Trinajstić information content (AvgIpc) is 2.93. The molecule has 2 rings (SSSR count). The molecule has 1 unspecified atom stereocenters. The number of hydrogen-bond acceptors (Lipinski definition) is 4. The van der Waals surface area contributed by atoms with Gasteiger partial charge in [0.2, 0.25) is 5.91 Å². The highest BCUT2D eigenvalue weighted by atomic mass is 35.5. The average molecular weight is 341 g/mol. The number of rotatable bonds is 5. The smallest absolute Gasteiger partial charge is 0.237 e. The highest BCUT2D eigenvalue weighted by Gasteiger charge is 2.23. The van der Waals surface area contributed by atoms with Gasteiger partial charge in [-0.05, 0) is 59.4 Å². The van der Waals surface area contributed by atoms with Crippen molar-refractivity contribution in [1.82, 2.24) is 20.4 Å². The minimum Gasteiger partial charge on any atom is -0.353 e. The molecular formula is C14H30Cl2N4O. The zero-order valence-electron chi connectivity index (χ0n) is 13.1. The van der Waals surface area contributed by atoms with Gasteiger partial charge in [-0.25, -0.2) is 0 Å². The second kappa shape index (κ2) is 10.6. The Balaban J connectivity index is 0.00000200. The summed E-state index contributed by atoms with van der Waals surface area (Å²) in [4.78, 5) is 16.6. The monoisotopic (exact) mass is 340 g/mol. The van der Waals surface area contributed by atoms with Gasteiger partial charge in [0, 0.05) is 19.1 Å². The number of piperidine rings is 1. The largest absolute Gasteiger partial charge is 0.353 e. The number of hydrogen-bond donors (Lipinski definition) is 2. The summed E-state index contributed by atoms with van der Waals surface area (Å²) in [5, 5.41) is 6.28. The highest BCUT2D eigenvalue weighted by Crippen LogP contribution is 2.13. The van der Waals surface area contributed by atoms with Crippen molar-refractivity contribution in [3.8, 4) is 0 Å².